The summed E-state index contributed by atoms with van der Waals surface area (Å²) in [6.45, 7) is 2.71. The fourth-order valence-corrected chi connectivity index (χ4v) is 3.01. The van der Waals surface area contributed by atoms with Crippen molar-refractivity contribution < 1.29 is 9.53 Å². The van der Waals surface area contributed by atoms with E-state index in [2.05, 4.69) is 0 Å². The predicted molar refractivity (Wildman–Crippen MR) is 84.3 cm³/mol. The summed E-state index contributed by atoms with van der Waals surface area (Å²) >= 11 is 0. The Labute approximate surface area is 124 Å². The van der Waals surface area contributed by atoms with Gasteiger partial charge >= 0.3 is 0 Å². The molecule has 2 aromatic carbocycles. The molecule has 0 aromatic heterocycles. The molecule has 110 valence electrons. The van der Waals surface area contributed by atoms with E-state index in [0.29, 0.717) is 17.9 Å². The molecule has 0 bridgehead atoms. The maximum atomic E-state index is 12.7. The van der Waals surface area contributed by atoms with Gasteiger partial charge in [-0.15, -0.1) is 0 Å². The van der Waals surface area contributed by atoms with E-state index in [1.165, 1.54) is 0 Å². The van der Waals surface area contributed by atoms with Gasteiger partial charge < -0.3 is 15.4 Å². The molecule has 0 radical (unpaired) electrons. The zero-order valence-electron chi connectivity index (χ0n) is 12.4. The van der Waals surface area contributed by atoms with E-state index in [0.717, 1.165) is 17.2 Å². The number of amides is 1. The molecule has 0 saturated carbocycles. The standard InChI is InChI=1S/C17H20N2O2/c1-11-16(7-8-21-11)19(2)17(20)14-9-12-5-3-4-6-13(12)10-15(14)18/h3-6,9-11,16H,7-8,18H2,1-2H3. The normalized spacial score (nSPS) is 21.6. The molecule has 2 unspecified atom stereocenters. The molecule has 1 amide bonds. The molecular weight excluding hydrogens is 264 g/mol. The fraction of sp³-hybridized carbons (Fsp3) is 0.353. The van der Waals surface area contributed by atoms with Crippen molar-refractivity contribution in [3.05, 3.63) is 42.0 Å². The van der Waals surface area contributed by atoms with Crippen LogP contribution in [0.4, 0.5) is 5.69 Å². The topological polar surface area (TPSA) is 55.6 Å². The van der Waals surface area contributed by atoms with Gasteiger partial charge in [0.2, 0.25) is 0 Å². The highest BCUT2D eigenvalue weighted by Crippen LogP contribution is 2.25. The first-order valence-electron chi connectivity index (χ1n) is 7.25. The first kappa shape index (κ1) is 13.9. The Kier molecular flexibility index (Phi) is 3.55. The van der Waals surface area contributed by atoms with E-state index in [1.54, 1.807) is 4.90 Å². The predicted octanol–water partition coefficient (Wildman–Crippen LogP) is 2.67. The van der Waals surface area contributed by atoms with E-state index in [9.17, 15) is 4.79 Å². The third-order valence-corrected chi connectivity index (χ3v) is 4.30. The van der Waals surface area contributed by atoms with E-state index in [4.69, 9.17) is 10.5 Å². The first-order valence-corrected chi connectivity index (χ1v) is 7.25. The number of nitrogens with zero attached hydrogens (tertiary/aromatic N) is 1. The first-order chi connectivity index (χ1) is 10.1. The highest BCUT2D eigenvalue weighted by molar-refractivity contribution is 6.04. The van der Waals surface area contributed by atoms with Gasteiger partial charge in [-0.25, -0.2) is 0 Å². The molecule has 4 nitrogen and oxygen atoms in total. The fourth-order valence-electron chi connectivity index (χ4n) is 3.01. The van der Waals surface area contributed by atoms with Crippen molar-refractivity contribution in [1.82, 2.24) is 4.90 Å². The summed E-state index contributed by atoms with van der Waals surface area (Å²) in [4.78, 5) is 14.5. The molecule has 0 spiro atoms. The smallest absolute Gasteiger partial charge is 0.256 e. The number of benzene rings is 2. The minimum atomic E-state index is -0.0411. The van der Waals surface area contributed by atoms with Crippen LogP contribution in [0.5, 0.6) is 0 Å². The van der Waals surface area contributed by atoms with E-state index < -0.39 is 0 Å². The van der Waals surface area contributed by atoms with Gasteiger partial charge in [0.25, 0.3) is 5.91 Å². The third kappa shape index (κ3) is 2.47. The molecule has 1 aliphatic rings. The minimum absolute atomic E-state index is 0.0411. The Morgan fingerprint density at radius 1 is 1.29 bits per heavy atom. The number of fused-ring (bicyclic) bond motifs is 1. The van der Waals surface area contributed by atoms with Gasteiger partial charge in [-0.3, -0.25) is 4.79 Å². The molecule has 3 rings (SSSR count). The molecule has 4 heteroatoms. The number of hydrogen-bond acceptors (Lipinski definition) is 3. The molecule has 1 saturated heterocycles. The Balaban J connectivity index is 1.95. The van der Waals surface area contributed by atoms with Crippen LogP contribution in [0.2, 0.25) is 0 Å². The summed E-state index contributed by atoms with van der Waals surface area (Å²) in [5.74, 6) is -0.0411. The zero-order chi connectivity index (χ0) is 15.0. The lowest BCUT2D eigenvalue weighted by Crippen LogP contribution is -2.41. The van der Waals surface area contributed by atoms with Gasteiger partial charge in [-0.2, -0.15) is 0 Å². The van der Waals surface area contributed by atoms with Crippen LogP contribution in [0.15, 0.2) is 36.4 Å². The number of nitrogen functional groups attached to an aromatic ring is 1. The van der Waals surface area contributed by atoms with Crippen molar-refractivity contribution in [2.45, 2.75) is 25.5 Å². The quantitative estimate of drug-likeness (QED) is 0.863. The number of hydrogen-bond donors (Lipinski definition) is 1. The summed E-state index contributed by atoms with van der Waals surface area (Å²) in [6.07, 6.45) is 0.942. The number of anilines is 1. The molecule has 2 atom stereocenters. The second-order valence-corrected chi connectivity index (χ2v) is 5.63. The number of nitrogens with two attached hydrogens (primary N) is 1. The van der Waals surface area contributed by atoms with E-state index in [1.807, 2.05) is 50.4 Å². The average Bonchev–Trinajstić information content (AvgIpc) is 2.91. The zero-order valence-corrected chi connectivity index (χ0v) is 12.4. The summed E-state index contributed by atoms with van der Waals surface area (Å²) < 4.78 is 5.55. The van der Waals surface area contributed by atoms with Crippen LogP contribution in [0.3, 0.4) is 0 Å². The van der Waals surface area contributed by atoms with Crippen molar-refractivity contribution in [1.29, 1.82) is 0 Å². The van der Waals surface area contributed by atoms with Gasteiger partial charge in [0.1, 0.15) is 0 Å². The maximum absolute atomic E-state index is 12.7. The van der Waals surface area contributed by atoms with Gasteiger partial charge in [0, 0.05) is 19.3 Å². The highest BCUT2D eigenvalue weighted by Gasteiger charge is 2.31. The Hall–Kier alpha value is -2.07. The van der Waals surface area contributed by atoms with Crippen molar-refractivity contribution in [3.8, 4) is 0 Å². The summed E-state index contributed by atoms with van der Waals surface area (Å²) in [5, 5.41) is 2.07. The maximum Gasteiger partial charge on any atom is 0.256 e. The molecule has 0 aliphatic carbocycles. The Bertz CT molecular complexity index is 684. The second kappa shape index (κ2) is 5.37. The second-order valence-electron chi connectivity index (χ2n) is 5.63. The number of likely N-dealkylation sites (N-methyl/N-ethyl adjacent to an activating group) is 1. The van der Waals surface area contributed by atoms with Gasteiger partial charge in [0.15, 0.2) is 0 Å². The van der Waals surface area contributed by atoms with Crippen LogP contribution in [0.25, 0.3) is 10.8 Å². The SMILES string of the molecule is CC1OCCC1N(C)C(=O)c1cc2ccccc2cc1N. The molecule has 1 heterocycles. The monoisotopic (exact) mass is 284 g/mol. The van der Waals surface area contributed by atoms with Crippen LogP contribution < -0.4 is 5.73 Å². The molecule has 2 aromatic rings. The molecule has 2 N–H and O–H groups in total. The lowest BCUT2D eigenvalue weighted by Gasteiger charge is -2.27. The Morgan fingerprint density at radius 2 is 1.95 bits per heavy atom. The molecular formula is C17H20N2O2. The van der Waals surface area contributed by atoms with Gasteiger partial charge in [0.05, 0.1) is 17.7 Å². The minimum Gasteiger partial charge on any atom is -0.398 e. The van der Waals surface area contributed by atoms with Gasteiger partial charge in [-0.05, 0) is 36.2 Å². The van der Waals surface area contributed by atoms with Gasteiger partial charge in [-0.1, -0.05) is 24.3 Å². The lowest BCUT2D eigenvalue weighted by atomic mass is 10.0. The number of carbonyl (C=O) groups is 1. The summed E-state index contributed by atoms with van der Waals surface area (Å²) in [7, 11) is 1.83. The van der Waals surface area contributed by atoms with Crippen LogP contribution in [0.1, 0.15) is 23.7 Å². The van der Waals surface area contributed by atoms with E-state index >= 15 is 0 Å². The van der Waals surface area contributed by atoms with Crippen molar-refractivity contribution >= 4 is 22.4 Å². The van der Waals surface area contributed by atoms with Crippen molar-refractivity contribution in [2.75, 3.05) is 19.4 Å². The number of carbonyl (C=O) groups excluding carboxylic acids is 1. The molecule has 1 aliphatic heterocycles. The lowest BCUT2D eigenvalue weighted by molar-refractivity contribution is 0.0575. The average molecular weight is 284 g/mol. The molecule has 21 heavy (non-hydrogen) atoms. The van der Waals surface area contributed by atoms with Crippen molar-refractivity contribution in [2.24, 2.45) is 0 Å². The molecule has 1 fully saturated rings. The number of rotatable bonds is 2. The van der Waals surface area contributed by atoms with E-state index in [-0.39, 0.29) is 18.1 Å². The van der Waals surface area contributed by atoms with Crippen LogP contribution >= 0.6 is 0 Å². The Morgan fingerprint density at radius 3 is 2.57 bits per heavy atom. The van der Waals surface area contributed by atoms with Crippen LogP contribution in [-0.2, 0) is 4.74 Å². The van der Waals surface area contributed by atoms with Crippen molar-refractivity contribution in [3.63, 3.8) is 0 Å². The summed E-state index contributed by atoms with van der Waals surface area (Å²) in [6, 6.07) is 11.8. The van der Waals surface area contributed by atoms with Crippen LogP contribution in [0, 0.1) is 0 Å². The largest absolute Gasteiger partial charge is 0.398 e. The third-order valence-electron chi connectivity index (χ3n) is 4.30. The summed E-state index contributed by atoms with van der Waals surface area (Å²) in [5.41, 5.74) is 7.17. The highest BCUT2D eigenvalue weighted by atomic mass is 16.5. The van der Waals surface area contributed by atoms with Crippen LogP contribution in [-0.4, -0.2) is 36.6 Å². The number of ether oxygens (including phenoxy) is 1.